The number of carbonyl (C=O) groups is 2. The zero-order valence-corrected chi connectivity index (χ0v) is 17.1. The van der Waals surface area contributed by atoms with E-state index < -0.39 is 0 Å². The number of hydrogen-bond acceptors (Lipinski definition) is 4. The van der Waals surface area contributed by atoms with Crippen molar-refractivity contribution in [3.8, 4) is 5.75 Å². The number of piperidine rings is 1. The molecule has 0 bridgehead atoms. The lowest BCUT2D eigenvalue weighted by Crippen LogP contribution is -2.47. The first kappa shape index (κ1) is 21.5. The summed E-state index contributed by atoms with van der Waals surface area (Å²) in [6.07, 6.45) is 2.53. The molecular weight excluding hydrogens is 366 g/mol. The normalized spacial score (nSPS) is 15.6. The quantitative estimate of drug-likeness (QED) is 0.710. The Hall–Kier alpha value is -1.79. The first-order chi connectivity index (χ1) is 12.9. The summed E-state index contributed by atoms with van der Waals surface area (Å²) in [6, 6.07) is 5.17. The van der Waals surface area contributed by atoms with E-state index in [-0.39, 0.29) is 24.0 Å². The molecule has 6 nitrogen and oxygen atoms in total. The Morgan fingerprint density at radius 1 is 1.30 bits per heavy atom. The van der Waals surface area contributed by atoms with Gasteiger partial charge in [0.05, 0.1) is 18.2 Å². The van der Waals surface area contributed by atoms with Gasteiger partial charge in [-0.3, -0.25) is 14.5 Å². The van der Waals surface area contributed by atoms with Crippen molar-refractivity contribution >= 4 is 23.4 Å². The third-order valence-electron chi connectivity index (χ3n) is 4.41. The Balaban J connectivity index is 1.87. The smallest absolute Gasteiger partial charge is 0.255 e. The zero-order chi connectivity index (χ0) is 19.8. The van der Waals surface area contributed by atoms with Gasteiger partial charge in [-0.25, -0.2) is 0 Å². The maximum absolute atomic E-state index is 12.7. The van der Waals surface area contributed by atoms with Crippen molar-refractivity contribution in [1.29, 1.82) is 0 Å². The van der Waals surface area contributed by atoms with Crippen LogP contribution in [0.1, 0.15) is 50.4 Å². The molecule has 7 heteroatoms. The average Bonchev–Trinajstić information content (AvgIpc) is 2.62. The largest absolute Gasteiger partial charge is 0.490 e. The van der Waals surface area contributed by atoms with Crippen molar-refractivity contribution in [3.05, 3.63) is 28.8 Å². The molecule has 150 valence electrons. The van der Waals surface area contributed by atoms with E-state index in [1.54, 1.807) is 18.2 Å². The molecule has 1 aromatic rings. The van der Waals surface area contributed by atoms with Crippen LogP contribution in [0.4, 0.5) is 0 Å². The summed E-state index contributed by atoms with van der Waals surface area (Å²) in [5.74, 6) is 0.429. The highest BCUT2D eigenvalue weighted by Gasteiger charge is 2.24. The molecule has 0 spiro atoms. The van der Waals surface area contributed by atoms with Gasteiger partial charge in [0.25, 0.3) is 5.91 Å². The molecule has 0 radical (unpaired) electrons. The summed E-state index contributed by atoms with van der Waals surface area (Å²) < 4.78 is 5.73. The fraction of sp³-hybridized carbons (Fsp3) is 0.600. The predicted molar refractivity (Wildman–Crippen MR) is 107 cm³/mol. The topological polar surface area (TPSA) is 70.7 Å². The molecule has 1 aromatic carbocycles. The second kappa shape index (κ2) is 10.5. The number of rotatable bonds is 8. The summed E-state index contributed by atoms with van der Waals surface area (Å²) in [5.41, 5.74) is 0.456. The summed E-state index contributed by atoms with van der Waals surface area (Å²) in [6.45, 7) is 8.58. The Morgan fingerprint density at radius 3 is 2.63 bits per heavy atom. The lowest BCUT2D eigenvalue weighted by atomic mass is 10.0. The highest BCUT2D eigenvalue weighted by atomic mass is 35.5. The van der Waals surface area contributed by atoms with Crippen LogP contribution in [0.25, 0.3) is 0 Å². The van der Waals surface area contributed by atoms with Gasteiger partial charge in [-0.2, -0.15) is 0 Å². The van der Waals surface area contributed by atoms with Crippen LogP contribution in [0.5, 0.6) is 5.75 Å². The molecule has 0 aromatic heterocycles. The van der Waals surface area contributed by atoms with Gasteiger partial charge in [0.15, 0.2) is 0 Å². The molecular formula is C20H30ClN3O3. The van der Waals surface area contributed by atoms with Crippen molar-refractivity contribution in [1.82, 2.24) is 15.5 Å². The first-order valence-electron chi connectivity index (χ1n) is 9.65. The molecule has 0 atom stereocenters. The van der Waals surface area contributed by atoms with Crippen LogP contribution >= 0.6 is 11.6 Å². The van der Waals surface area contributed by atoms with Crippen LogP contribution in [0.15, 0.2) is 18.2 Å². The van der Waals surface area contributed by atoms with E-state index in [1.165, 1.54) is 0 Å². The van der Waals surface area contributed by atoms with Gasteiger partial charge < -0.3 is 15.4 Å². The number of carbonyl (C=O) groups excluding carboxylic acids is 2. The van der Waals surface area contributed by atoms with Gasteiger partial charge in [0, 0.05) is 30.7 Å². The van der Waals surface area contributed by atoms with Gasteiger partial charge in [-0.15, -0.1) is 0 Å². The third kappa shape index (κ3) is 7.03. The number of nitrogens with zero attached hydrogens (tertiary/aromatic N) is 1. The molecule has 1 fully saturated rings. The van der Waals surface area contributed by atoms with Crippen molar-refractivity contribution < 1.29 is 14.3 Å². The van der Waals surface area contributed by atoms with Crippen molar-refractivity contribution in [2.75, 3.05) is 26.2 Å². The maximum Gasteiger partial charge on any atom is 0.255 e. The number of benzene rings is 1. The van der Waals surface area contributed by atoms with E-state index in [0.717, 1.165) is 32.4 Å². The molecule has 1 heterocycles. The van der Waals surface area contributed by atoms with E-state index in [1.807, 2.05) is 20.8 Å². The van der Waals surface area contributed by atoms with Crippen LogP contribution in [0.2, 0.25) is 5.02 Å². The van der Waals surface area contributed by atoms with E-state index in [2.05, 4.69) is 15.5 Å². The van der Waals surface area contributed by atoms with E-state index in [0.29, 0.717) is 29.4 Å². The summed E-state index contributed by atoms with van der Waals surface area (Å²) in [4.78, 5) is 26.7. The van der Waals surface area contributed by atoms with Crippen molar-refractivity contribution in [2.24, 2.45) is 0 Å². The zero-order valence-electron chi connectivity index (χ0n) is 16.4. The molecule has 1 saturated heterocycles. The Kier molecular flexibility index (Phi) is 8.38. The highest BCUT2D eigenvalue weighted by Crippen LogP contribution is 2.24. The number of amides is 2. The third-order valence-corrected chi connectivity index (χ3v) is 4.65. The number of ether oxygens (including phenoxy) is 1. The number of hydrogen-bond donors (Lipinski definition) is 2. The summed E-state index contributed by atoms with van der Waals surface area (Å²) in [7, 11) is 0. The second-order valence-corrected chi connectivity index (χ2v) is 7.62. The van der Waals surface area contributed by atoms with Crippen LogP contribution in [-0.4, -0.2) is 55.0 Å². The Morgan fingerprint density at radius 2 is 2.00 bits per heavy atom. The Bertz CT molecular complexity index is 643. The molecule has 2 rings (SSSR count). The molecule has 2 amide bonds. The van der Waals surface area contributed by atoms with Crippen LogP contribution in [-0.2, 0) is 4.79 Å². The SMILES string of the molecule is CCCNC(=O)CN1CCC(NC(=O)c2cc(Cl)ccc2OC(C)C)CC1. The number of nitrogens with one attached hydrogen (secondary N) is 2. The monoisotopic (exact) mass is 395 g/mol. The molecule has 0 saturated carbocycles. The lowest BCUT2D eigenvalue weighted by Gasteiger charge is -2.32. The summed E-state index contributed by atoms with van der Waals surface area (Å²) in [5, 5.41) is 6.48. The fourth-order valence-corrected chi connectivity index (χ4v) is 3.23. The summed E-state index contributed by atoms with van der Waals surface area (Å²) >= 11 is 6.06. The fourth-order valence-electron chi connectivity index (χ4n) is 3.06. The average molecular weight is 396 g/mol. The molecule has 27 heavy (non-hydrogen) atoms. The van der Waals surface area contributed by atoms with E-state index in [9.17, 15) is 9.59 Å². The van der Waals surface area contributed by atoms with E-state index in [4.69, 9.17) is 16.3 Å². The molecule has 2 N–H and O–H groups in total. The van der Waals surface area contributed by atoms with Crippen molar-refractivity contribution in [3.63, 3.8) is 0 Å². The second-order valence-electron chi connectivity index (χ2n) is 7.18. The minimum absolute atomic E-state index is 0.0279. The molecule has 1 aliphatic heterocycles. The standard InChI is InChI=1S/C20H30ClN3O3/c1-4-9-22-19(25)13-24-10-7-16(8-11-24)23-20(26)17-12-15(21)5-6-18(17)27-14(2)3/h5-6,12,14,16H,4,7-11,13H2,1-3H3,(H,22,25)(H,23,26). The lowest BCUT2D eigenvalue weighted by molar-refractivity contribution is -0.122. The van der Waals surface area contributed by atoms with Crippen LogP contribution in [0, 0.1) is 0 Å². The minimum atomic E-state index is -0.174. The molecule has 0 aliphatic carbocycles. The number of likely N-dealkylation sites (tertiary alicyclic amines) is 1. The van der Waals surface area contributed by atoms with E-state index >= 15 is 0 Å². The van der Waals surface area contributed by atoms with Crippen LogP contribution < -0.4 is 15.4 Å². The number of halogens is 1. The molecule has 0 unspecified atom stereocenters. The first-order valence-corrected chi connectivity index (χ1v) is 10.0. The highest BCUT2D eigenvalue weighted by molar-refractivity contribution is 6.31. The Labute approximate surface area is 166 Å². The molecule has 1 aliphatic rings. The maximum atomic E-state index is 12.7. The predicted octanol–water partition coefficient (Wildman–Crippen LogP) is 2.85. The van der Waals surface area contributed by atoms with Crippen LogP contribution in [0.3, 0.4) is 0 Å². The van der Waals surface area contributed by atoms with Crippen molar-refractivity contribution in [2.45, 2.75) is 52.2 Å². The minimum Gasteiger partial charge on any atom is -0.490 e. The van der Waals surface area contributed by atoms with Gasteiger partial charge in [0.1, 0.15) is 5.75 Å². The van der Waals surface area contributed by atoms with Gasteiger partial charge >= 0.3 is 0 Å². The van der Waals surface area contributed by atoms with Gasteiger partial charge in [0.2, 0.25) is 5.91 Å². The van der Waals surface area contributed by atoms with Gasteiger partial charge in [-0.05, 0) is 51.3 Å². The van der Waals surface area contributed by atoms with Gasteiger partial charge in [-0.1, -0.05) is 18.5 Å².